The molecule has 1 aromatic rings. The van der Waals surface area contributed by atoms with Crippen LogP contribution in [0.25, 0.3) is 0 Å². The van der Waals surface area contributed by atoms with Gasteiger partial charge in [-0.05, 0) is 25.0 Å². The number of rotatable bonds is 16. The maximum absolute atomic E-state index is 9.75. The molecule has 0 aromatic heterocycles. The molecule has 0 unspecified atom stereocenters. The SMILES string of the molecule is CCCOCCOCCOc1ccc(O)cc1OCC(C)(C)COCCC. The summed E-state index contributed by atoms with van der Waals surface area (Å²) in [7, 11) is 0. The third kappa shape index (κ3) is 11.1. The van der Waals surface area contributed by atoms with E-state index >= 15 is 0 Å². The van der Waals surface area contributed by atoms with Crippen molar-refractivity contribution in [2.75, 3.05) is 52.9 Å². The van der Waals surface area contributed by atoms with Crippen LogP contribution >= 0.6 is 0 Å². The first kappa shape index (κ1) is 23.5. The van der Waals surface area contributed by atoms with Crippen LogP contribution in [-0.4, -0.2) is 58.0 Å². The summed E-state index contributed by atoms with van der Waals surface area (Å²) < 4.78 is 28.1. The second-order valence-electron chi connectivity index (χ2n) is 7.21. The molecule has 0 heterocycles. The van der Waals surface area contributed by atoms with E-state index in [1.54, 1.807) is 18.2 Å². The maximum atomic E-state index is 9.75. The number of hydrogen-bond donors (Lipinski definition) is 1. The van der Waals surface area contributed by atoms with E-state index in [2.05, 4.69) is 27.7 Å². The predicted octanol–water partition coefficient (Wildman–Crippen LogP) is 4.05. The van der Waals surface area contributed by atoms with E-state index in [1.165, 1.54) is 0 Å². The van der Waals surface area contributed by atoms with E-state index in [9.17, 15) is 5.11 Å². The molecule has 27 heavy (non-hydrogen) atoms. The highest BCUT2D eigenvalue weighted by Crippen LogP contribution is 2.32. The highest BCUT2D eigenvalue weighted by molar-refractivity contribution is 5.45. The van der Waals surface area contributed by atoms with Crippen LogP contribution in [0.15, 0.2) is 18.2 Å². The van der Waals surface area contributed by atoms with Gasteiger partial charge in [0, 0.05) is 24.7 Å². The molecule has 0 spiro atoms. The smallest absolute Gasteiger partial charge is 0.164 e. The van der Waals surface area contributed by atoms with Gasteiger partial charge >= 0.3 is 0 Å². The van der Waals surface area contributed by atoms with Gasteiger partial charge < -0.3 is 28.8 Å². The summed E-state index contributed by atoms with van der Waals surface area (Å²) in [5.41, 5.74) is -0.139. The van der Waals surface area contributed by atoms with E-state index in [0.29, 0.717) is 51.1 Å². The summed E-state index contributed by atoms with van der Waals surface area (Å²) in [5, 5.41) is 9.75. The molecule has 0 aliphatic rings. The minimum Gasteiger partial charge on any atom is -0.508 e. The van der Waals surface area contributed by atoms with E-state index in [-0.39, 0.29) is 11.2 Å². The molecule has 0 saturated heterocycles. The molecule has 1 N–H and O–H groups in total. The van der Waals surface area contributed by atoms with Gasteiger partial charge in [-0.1, -0.05) is 27.7 Å². The molecule has 1 rings (SSSR count). The Morgan fingerprint density at radius 1 is 0.741 bits per heavy atom. The first-order valence-electron chi connectivity index (χ1n) is 9.80. The van der Waals surface area contributed by atoms with Crippen molar-refractivity contribution in [3.05, 3.63) is 18.2 Å². The summed E-state index contributed by atoms with van der Waals surface area (Å²) in [6.45, 7) is 12.9. The summed E-state index contributed by atoms with van der Waals surface area (Å²) in [4.78, 5) is 0. The second kappa shape index (κ2) is 13.6. The lowest BCUT2D eigenvalue weighted by atomic mass is 9.96. The molecule has 0 fully saturated rings. The monoisotopic (exact) mass is 384 g/mol. The molecule has 6 nitrogen and oxygen atoms in total. The minimum absolute atomic E-state index is 0.139. The molecule has 0 amide bonds. The summed E-state index contributed by atoms with van der Waals surface area (Å²) >= 11 is 0. The highest BCUT2D eigenvalue weighted by atomic mass is 16.6. The topological polar surface area (TPSA) is 66.4 Å². The van der Waals surface area contributed by atoms with Crippen molar-refractivity contribution in [3.63, 3.8) is 0 Å². The lowest BCUT2D eigenvalue weighted by Gasteiger charge is -2.25. The average molecular weight is 385 g/mol. The number of phenolic OH excluding ortho intramolecular Hbond substituents is 1. The van der Waals surface area contributed by atoms with Gasteiger partial charge in [0.25, 0.3) is 0 Å². The van der Waals surface area contributed by atoms with Crippen molar-refractivity contribution in [2.45, 2.75) is 40.5 Å². The number of hydrogen-bond acceptors (Lipinski definition) is 6. The van der Waals surface area contributed by atoms with Gasteiger partial charge in [-0.15, -0.1) is 0 Å². The van der Waals surface area contributed by atoms with Gasteiger partial charge in [-0.3, -0.25) is 0 Å². The van der Waals surface area contributed by atoms with Crippen molar-refractivity contribution in [1.29, 1.82) is 0 Å². The molecular weight excluding hydrogens is 348 g/mol. The Kier molecular flexibility index (Phi) is 11.9. The summed E-state index contributed by atoms with van der Waals surface area (Å²) in [6, 6.07) is 4.85. The third-order valence-electron chi connectivity index (χ3n) is 3.59. The maximum Gasteiger partial charge on any atom is 0.164 e. The van der Waals surface area contributed by atoms with Crippen LogP contribution in [0.4, 0.5) is 0 Å². The van der Waals surface area contributed by atoms with Gasteiger partial charge in [0.05, 0.1) is 33.0 Å². The largest absolute Gasteiger partial charge is 0.508 e. The Morgan fingerprint density at radius 3 is 2.07 bits per heavy atom. The predicted molar refractivity (Wildman–Crippen MR) is 106 cm³/mol. The van der Waals surface area contributed by atoms with E-state index in [0.717, 1.165) is 26.1 Å². The van der Waals surface area contributed by atoms with E-state index < -0.39 is 0 Å². The molecule has 0 saturated carbocycles. The fourth-order valence-corrected chi connectivity index (χ4v) is 2.21. The Hall–Kier alpha value is -1.50. The average Bonchev–Trinajstić information content (AvgIpc) is 2.63. The molecule has 6 heteroatoms. The second-order valence-corrected chi connectivity index (χ2v) is 7.21. The first-order chi connectivity index (χ1) is 13.0. The molecular formula is C21H36O6. The van der Waals surface area contributed by atoms with Gasteiger partial charge in [0.2, 0.25) is 0 Å². The fourth-order valence-electron chi connectivity index (χ4n) is 2.21. The standard InChI is InChI=1S/C21H36O6/c1-5-9-23-11-12-24-13-14-26-19-8-7-18(22)15-20(19)27-17-21(3,4)16-25-10-6-2/h7-8,15,22H,5-6,9-14,16-17H2,1-4H3. The molecule has 1 aromatic carbocycles. The van der Waals surface area contributed by atoms with Crippen molar-refractivity contribution in [2.24, 2.45) is 5.41 Å². The third-order valence-corrected chi connectivity index (χ3v) is 3.59. The molecule has 0 aliphatic carbocycles. The highest BCUT2D eigenvalue weighted by Gasteiger charge is 2.20. The Morgan fingerprint density at radius 2 is 1.37 bits per heavy atom. The van der Waals surface area contributed by atoms with Crippen LogP contribution in [0.5, 0.6) is 17.2 Å². The number of ether oxygens (including phenoxy) is 5. The zero-order valence-electron chi connectivity index (χ0n) is 17.3. The van der Waals surface area contributed by atoms with Crippen LogP contribution in [0.3, 0.4) is 0 Å². The Bertz CT molecular complexity index is 503. The van der Waals surface area contributed by atoms with Crippen molar-refractivity contribution in [3.8, 4) is 17.2 Å². The van der Waals surface area contributed by atoms with Crippen LogP contribution in [0, 0.1) is 5.41 Å². The first-order valence-corrected chi connectivity index (χ1v) is 9.80. The van der Waals surface area contributed by atoms with Gasteiger partial charge in [-0.2, -0.15) is 0 Å². The zero-order chi connectivity index (χ0) is 20.0. The molecule has 0 bridgehead atoms. The van der Waals surface area contributed by atoms with Crippen LogP contribution in [0.1, 0.15) is 40.5 Å². The van der Waals surface area contributed by atoms with Gasteiger partial charge in [-0.25, -0.2) is 0 Å². The number of benzene rings is 1. The Balaban J connectivity index is 2.41. The quantitative estimate of drug-likeness (QED) is 0.434. The fraction of sp³-hybridized carbons (Fsp3) is 0.714. The summed E-state index contributed by atoms with van der Waals surface area (Å²) in [6.07, 6.45) is 2.00. The zero-order valence-corrected chi connectivity index (χ0v) is 17.3. The van der Waals surface area contributed by atoms with E-state index in [1.807, 2.05) is 0 Å². The lowest BCUT2D eigenvalue weighted by Crippen LogP contribution is -2.27. The van der Waals surface area contributed by atoms with E-state index in [4.69, 9.17) is 23.7 Å². The molecule has 0 atom stereocenters. The molecule has 156 valence electrons. The van der Waals surface area contributed by atoms with Gasteiger partial charge in [0.15, 0.2) is 11.5 Å². The van der Waals surface area contributed by atoms with Crippen molar-refractivity contribution in [1.82, 2.24) is 0 Å². The van der Waals surface area contributed by atoms with Crippen LogP contribution < -0.4 is 9.47 Å². The normalized spacial score (nSPS) is 11.6. The van der Waals surface area contributed by atoms with Crippen LogP contribution in [0.2, 0.25) is 0 Å². The van der Waals surface area contributed by atoms with Crippen LogP contribution in [-0.2, 0) is 14.2 Å². The lowest BCUT2D eigenvalue weighted by molar-refractivity contribution is 0.0309. The minimum atomic E-state index is -0.139. The molecule has 0 radical (unpaired) electrons. The summed E-state index contributed by atoms with van der Waals surface area (Å²) in [5.74, 6) is 1.25. The van der Waals surface area contributed by atoms with Crippen molar-refractivity contribution >= 4 is 0 Å². The van der Waals surface area contributed by atoms with Crippen molar-refractivity contribution < 1.29 is 28.8 Å². The Labute approximate surface area is 163 Å². The number of aromatic hydroxyl groups is 1. The molecule has 0 aliphatic heterocycles. The number of phenols is 1. The van der Waals surface area contributed by atoms with Gasteiger partial charge in [0.1, 0.15) is 12.4 Å².